The largest absolute Gasteiger partial charge is 0.367 e. The van der Waals surface area contributed by atoms with Crippen LogP contribution in [0.4, 0.5) is 16.3 Å². The standard InChI is InChI=1S/C9H10N6O3/c10-4-6-3-7(15(17)18)5-14-8(6)12-1-2-13-9(11)16/h3,5H,1-2H2,(H,12,14)(H3,11,13,16). The van der Waals surface area contributed by atoms with Gasteiger partial charge in [-0.25, -0.2) is 9.78 Å². The van der Waals surface area contributed by atoms with Gasteiger partial charge in [-0.1, -0.05) is 0 Å². The summed E-state index contributed by atoms with van der Waals surface area (Å²) in [5, 5.41) is 24.4. The number of carbonyl (C=O) groups excluding carboxylic acids is 1. The number of primary amides is 1. The Morgan fingerprint density at radius 1 is 1.61 bits per heavy atom. The van der Waals surface area contributed by atoms with Crippen molar-refractivity contribution in [2.75, 3.05) is 18.4 Å². The number of nitrogens with zero attached hydrogens (tertiary/aromatic N) is 3. The zero-order valence-electron chi connectivity index (χ0n) is 9.21. The van der Waals surface area contributed by atoms with E-state index >= 15 is 0 Å². The molecule has 1 heterocycles. The number of nitrogens with two attached hydrogens (primary N) is 1. The summed E-state index contributed by atoms with van der Waals surface area (Å²) in [5.41, 5.74) is 4.66. The number of anilines is 1. The summed E-state index contributed by atoms with van der Waals surface area (Å²) < 4.78 is 0. The third-order valence-electron chi connectivity index (χ3n) is 1.92. The van der Waals surface area contributed by atoms with Gasteiger partial charge < -0.3 is 16.4 Å². The van der Waals surface area contributed by atoms with Crippen molar-refractivity contribution in [3.63, 3.8) is 0 Å². The summed E-state index contributed by atoms with van der Waals surface area (Å²) >= 11 is 0. The molecule has 0 spiro atoms. The van der Waals surface area contributed by atoms with Gasteiger partial charge in [-0.05, 0) is 0 Å². The number of nitrogens with one attached hydrogen (secondary N) is 2. The topological polar surface area (TPSA) is 147 Å². The molecule has 0 saturated carbocycles. The highest BCUT2D eigenvalue weighted by Crippen LogP contribution is 2.17. The maximum absolute atomic E-state index is 10.5. The van der Waals surface area contributed by atoms with Crippen LogP contribution in [0.15, 0.2) is 12.3 Å². The minimum atomic E-state index is -0.658. The zero-order valence-corrected chi connectivity index (χ0v) is 9.21. The molecule has 9 nitrogen and oxygen atoms in total. The number of aromatic nitrogens is 1. The second-order valence-corrected chi connectivity index (χ2v) is 3.18. The van der Waals surface area contributed by atoms with Crippen LogP contribution in [0.5, 0.6) is 0 Å². The lowest BCUT2D eigenvalue weighted by atomic mass is 10.2. The molecule has 0 aliphatic heterocycles. The molecule has 1 aromatic heterocycles. The van der Waals surface area contributed by atoms with Crippen LogP contribution in [0.3, 0.4) is 0 Å². The second-order valence-electron chi connectivity index (χ2n) is 3.18. The molecule has 1 aromatic rings. The maximum Gasteiger partial charge on any atom is 0.312 e. The summed E-state index contributed by atoms with van der Waals surface area (Å²) in [6, 6.07) is 2.26. The minimum absolute atomic E-state index is 0.0586. The van der Waals surface area contributed by atoms with Crippen LogP contribution in [0, 0.1) is 21.4 Å². The zero-order chi connectivity index (χ0) is 13.5. The van der Waals surface area contributed by atoms with Crippen molar-refractivity contribution < 1.29 is 9.72 Å². The number of hydrogen-bond donors (Lipinski definition) is 3. The molecule has 0 aliphatic rings. The van der Waals surface area contributed by atoms with Crippen LogP contribution in [-0.2, 0) is 0 Å². The number of urea groups is 1. The van der Waals surface area contributed by atoms with Gasteiger partial charge in [0.25, 0.3) is 5.69 Å². The van der Waals surface area contributed by atoms with Crippen molar-refractivity contribution in [2.45, 2.75) is 0 Å². The van der Waals surface area contributed by atoms with Crippen molar-refractivity contribution in [1.29, 1.82) is 5.26 Å². The van der Waals surface area contributed by atoms with E-state index in [-0.39, 0.29) is 23.6 Å². The summed E-state index contributed by atoms with van der Waals surface area (Å²) in [4.78, 5) is 24.0. The lowest BCUT2D eigenvalue weighted by molar-refractivity contribution is -0.385. The smallest absolute Gasteiger partial charge is 0.312 e. The monoisotopic (exact) mass is 250 g/mol. The van der Waals surface area contributed by atoms with Gasteiger partial charge in [-0.15, -0.1) is 0 Å². The van der Waals surface area contributed by atoms with E-state index in [0.717, 1.165) is 12.3 Å². The van der Waals surface area contributed by atoms with Gasteiger partial charge in [0.2, 0.25) is 0 Å². The van der Waals surface area contributed by atoms with Crippen LogP contribution < -0.4 is 16.4 Å². The number of rotatable bonds is 5. The van der Waals surface area contributed by atoms with Crippen molar-refractivity contribution in [3.05, 3.63) is 27.9 Å². The highest BCUT2D eigenvalue weighted by atomic mass is 16.6. The molecule has 1 rings (SSSR count). The molecule has 94 valence electrons. The molecular weight excluding hydrogens is 240 g/mol. The van der Waals surface area contributed by atoms with E-state index in [2.05, 4.69) is 15.6 Å². The molecule has 0 radical (unpaired) electrons. The fraction of sp³-hybridized carbons (Fsp3) is 0.222. The fourth-order valence-corrected chi connectivity index (χ4v) is 1.15. The molecule has 0 fully saturated rings. The fourth-order valence-electron chi connectivity index (χ4n) is 1.15. The van der Waals surface area contributed by atoms with E-state index in [1.54, 1.807) is 6.07 Å². The molecule has 18 heavy (non-hydrogen) atoms. The predicted octanol–water partition coefficient (Wildman–Crippen LogP) is -0.0583. The lowest BCUT2D eigenvalue weighted by Gasteiger charge is -2.06. The molecule has 0 aliphatic carbocycles. The quantitative estimate of drug-likeness (QED) is 0.379. The van der Waals surface area contributed by atoms with Gasteiger partial charge in [0.05, 0.1) is 4.92 Å². The highest BCUT2D eigenvalue weighted by Gasteiger charge is 2.11. The Balaban J connectivity index is 2.69. The number of amides is 2. The van der Waals surface area contributed by atoms with Crippen LogP contribution in [-0.4, -0.2) is 29.0 Å². The minimum Gasteiger partial charge on any atom is -0.367 e. The normalized spacial score (nSPS) is 9.28. The number of carbonyl (C=O) groups is 1. The van der Waals surface area contributed by atoms with Crippen molar-refractivity contribution >= 4 is 17.5 Å². The first-order chi connectivity index (χ1) is 8.54. The van der Waals surface area contributed by atoms with Gasteiger partial charge in [-0.3, -0.25) is 10.1 Å². The molecule has 2 amide bonds. The molecule has 9 heteroatoms. The van der Waals surface area contributed by atoms with Crippen LogP contribution in [0.1, 0.15) is 5.56 Å². The highest BCUT2D eigenvalue weighted by molar-refractivity contribution is 5.71. The summed E-state index contributed by atoms with van der Waals surface area (Å²) in [7, 11) is 0. The summed E-state index contributed by atoms with van der Waals surface area (Å²) in [6.45, 7) is 0.543. The van der Waals surface area contributed by atoms with Crippen molar-refractivity contribution in [2.24, 2.45) is 5.73 Å². The third-order valence-corrected chi connectivity index (χ3v) is 1.92. The van der Waals surface area contributed by atoms with Crippen molar-refractivity contribution in [1.82, 2.24) is 10.3 Å². The molecule has 0 unspecified atom stereocenters. The SMILES string of the molecule is N#Cc1cc([N+](=O)[O-])cnc1NCCNC(N)=O. The first-order valence-corrected chi connectivity index (χ1v) is 4.86. The Morgan fingerprint density at radius 3 is 2.89 bits per heavy atom. The van der Waals surface area contributed by atoms with E-state index in [1.165, 1.54) is 0 Å². The predicted molar refractivity (Wildman–Crippen MR) is 61.7 cm³/mol. The van der Waals surface area contributed by atoms with Gasteiger partial charge in [0.15, 0.2) is 0 Å². The summed E-state index contributed by atoms with van der Waals surface area (Å²) in [5.74, 6) is 0.217. The Labute approximate surface area is 102 Å². The number of pyridine rings is 1. The molecule has 4 N–H and O–H groups in total. The van der Waals surface area contributed by atoms with Gasteiger partial charge in [-0.2, -0.15) is 5.26 Å². The van der Waals surface area contributed by atoms with Gasteiger partial charge in [0.1, 0.15) is 23.6 Å². The van der Waals surface area contributed by atoms with E-state index in [9.17, 15) is 14.9 Å². The Kier molecular flexibility index (Phi) is 4.39. The molecule has 0 aromatic carbocycles. The lowest BCUT2D eigenvalue weighted by Crippen LogP contribution is -2.33. The number of nitriles is 1. The third kappa shape index (κ3) is 3.60. The maximum atomic E-state index is 10.5. The molecule has 0 bridgehead atoms. The molecule has 0 atom stereocenters. The Morgan fingerprint density at radius 2 is 2.33 bits per heavy atom. The van der Waals surface area contributed by atoms with E-state index in [1.807, 2.05) is 0 Å². The van der Waals surface area contributed by atoms with Crippen LogP contribution in [0.2, 0.25) is 0 Å². The van der Waals surface area contributed by atoms with Crippen LogP contribution in [0.25, 0.3) is 0 Å². The number of nitro groups is 1. The average Bonchev–Trinajstić information content (AvgIpc) is 2.34. The Hall–Kier alpha value is -2.89. The van der Waals surface area contributed by atoms with E-state index in [0.29, 0.717) is 6.54 Å². The second kappa shape index (κ2) is 6.00. The number of hydrogen-bond acceptors (Lipinski definition) is 6. The van der Waals surface area contributed by atoms with Crippen LogP contribution >= 0.6 is 0 Å². The molecular formula is C9H10N6O3. The molecule has 0 saturated heterocycles. The van der Waals surface area contributed by atoms with E-state index < -0.39 is 11.0 Å². The first kappa shape index (κ1) is 13.2. The summed E-state index contributed by atoms with van der Waals surface area (Å²) in [6.07, 6.45) is 1.05. The van der Waals surface area contributed by atoms with Gasteiger partial charge in [0, 0.05) is 19.2 Å². The first-order valence-electron chi connectivity index (χ1n) is 4.86. The Bertz CT molecular complexity index is 510. The van der Waals surface area contributed by atoms with E-state index in [4.69, 9.17) is 11.0 Å². The van der Waals surface area contributed by atoms with Gasteiger partial charge >= 0.3 is 6.03 Å². The average molecular weight is 250 g/mol. The van der Waals surface area contributed by atoms with Crippen molar-refractivity contribution in [3.8, 4) is 6.07 Å².